The average Bonchev–Trinajstić information content (AvgIpc) is 3.84. The summed E-state index contributed by atoms with van der Waals surface area (Å²) in [5.41, 5.74) is 16.9. The average molecular weight is 807 g/mol. The van der Waals surface area contributed by atoms with Gasteiger partial charge < -0.3 is 14.4 Å². The summed E-state index contributed by atoms with van der Waals surface area (Å²) in [6.45, 7) is 2.41. The van der Waals surface area contributed by atoms with Crippen molar-refractivity contribution in [3.8, 4) is 16.8 Å². The van der Waals surface area contributed by atoms with Crippen LogP contribution in [0.4, 0.5) is 5.69 Å². The summed E-state index contributed by atoms with van der Waals surface area (Å²) < 4.78 is 2.59. The van der Waals surface area contributed by atoms with E-state index in [0.717, 1.165) is 44.2 Å². The van der Waals surface area contributed by atoms with Gasteiger partial charge in [0.1, 0.15) is 6.17 Å². The van der Waals surface area contributed by atoms with Crippen LogP contribution in [0.25, 0.3) is 51.6 Å². The molecule has 0 amide bonds. The number of aliphatic imine (C=N–C) groups is 1. The van der Waals surface area contributed by atoms with Gasteiger partial charge in [0, 0.05) is 45.9 Å². The first-order chi connectivity index (χ1) is 30.6. The van der Waals surface area contributed by atoms with E-state index in [-0.39, 0.29) is 6.17 Å². The summed E-state index contributed by atoms with van der Waals surface area (Å²) in [5, 5.41) is 4.03. The lowest BCUT2D eigenvalue weighted by Gasteiger charge is -2.36. The zero-order valence-electron chi connectivity index (χ0n) is 35.9. The molecule has 4 aromatic carbocycles. The van der Waals surface area contributed by atoms with E-state index in [0.29, 0.717) is 23.9 Å². The molecule has 0 spiro atoms. The Morgan fingerprint density at radius 3 is 2.42 bits per heavy atom. The Morgan fingerprint density at radius 2 is 1.55 bits per heavy atom. The molecule has 12 rings (SSSR count). The highest BCUT2D eigenvalue weighted by Crippen LogP contribution is 2.47. The summed E-state index contributed by atoms with van der Waals surface area (Å²) in [4.78, 5) is 10.7. The second-order valence-corrected chi connectivity index (χ2v) is 18.4. The minimum Gasteiger partial charge on any atom is -0.357 e. The van der Waals surface area contributed by atoms with Crippen LogP contribution in [0.3, 0.4) is 0 Å². The van der Waals surface area contributed by atoms with Gasteiger partial charge in [-0.2, -0.15) is 0 Å². The number of likely N-dealkylation sites (N-methyl/N-ethyl adjacent to an activating group) is 1. The third-order valence-corrected chi connectivity index (χ3v) is 14.7. The lowest BCUT2D eigenvalue weighted by Crippen LogP contribution is -2.40. The van der Waals surface area contributed by atoms with Crippen LogP contribution in [0.2, 0.25) is 0 Å². The molecule has 0 radical (unpaired) electrons. The molecule has 7 aliphatic rings. The van der Waals surface area contributed by atoms with Gasteiger partial charge in [0.2, 0.25) is 0 Å². The van der Waals surface area contributed by atoms with Crippen molar-refractivity contribution >= 4 is 46.2 Å². The van der Waals surface area contributed by atoms with Gasteiger partial charge in [-0.25, -0.2) is 0 Å². The number of allylic oxidation sites excluding steroid dienone is 7. The Hall–Kier alpha value is -6.39. The first-order valence-corrected chi connectivity index (χ1v) is 23.2. The first kappa shape index (κ1) is 37.4. The molecule has 4 nitrogen and oxygen atoms in total. The quantitative estimate of drug-likeness (QED) is 0.160. The smallest absolute Gasteiger partial charge is 0.143 e. The van der Waals surface area contributed by atoms with E-state index in [1.54, 1.807) is 0 Å². The van der Waals surface area contributed by atoms with Gasteiger partial charge in [0.15, 0.2) is 0 Å². The summed E-state index contributed by atoms with van der Waals surface area (Å²) in [6.07, 6.45) is 41.8. The van der Waals surface area contributed by atoms with Gasteiger partial charge in [-0.3, -0.25) is 4.99 Å². The molecule has 306 valence electrons. The van der Waals surface area contributed by atoms with Crippen molar-refractivity contribution in [3.63, 3.8) is 0 Å². The molecule has 62 heavy (non-hydrogen) atoms. The second-order valence-electron chi connectivity index (χ2n) is 18.4. The minimum absolute atomic E-state index is 0.000885. The fraction of sp³-hybridized carbons (Fsp3) is 0.259. The fourth-order valence-electron chi connectivity index (χ4n) is 11.7. The molecule has 0 fully saturated rings. The Kier molecular flexibility index (Phi) is 9.16. The molecule has 5 aliphatic carbocycles. The third kappa shape index (κ3) is 6.05. The molecule has 5 atom stereocenters. The second kappa shape index (κ2) is 15.2. The number of fused-ring (bicyclic) bond motifs is 7. The number of nitrogens with zero attached hydrogens (tertiary/aromatic N) is 4. The van der Waals surface area contributed by atoms with E-state index in [1.165, 1.54) is 95.9 Å². The SMILES string of the molecule is CC1CC=Cc2c(C3=NC(C4=CCCCC4)N(C)C(c4ccccc4)=C3)ccc(-n3c4c(c5cc(-c6ccc7c(c6)C6C=CC=CC6N7C6C=CC=CC6)ccc53)=CCCC=4)c21. The molecule has 5 unspecified atom stereocenters. The summed E-state index contributed by atoms with van der Waals surface area (Å²) >= 11 is 0. The maximum atomic E-state index is 5.62. The molecule has 0 bridgehead atoms. The fourth-order valence-corrected chi connectivity index (χ4v) is 11.7. The van der Waals surface area contributed by atoms with Crippen LogP contribution in [-0.4, -0.2) is 40.5 Å². The van der Waals surface area contributed by atoms with E-state index >= 15 is 0 Å². The molecule has 3 heterocycles. The third-order valence-electron chi connectivity index (χ3n) is 14.7. The van der Waals surface area contributed by atoms with E-state index in [2.05, 4.69) is 192 Å². The maximum absolute atomic E-state index is 5.62. The topological polar surface area (TPSA) is 23.8 Å². The van der Waals surface area contributed by atoms with E-state index in [9.17, 15) is 0 Å². The van der Waals surface area contributed by atoms with Gasteiger partial charge in [-0.15, -0.1) is 0 Å². The number of aromatic nitrogens is 1. The number of hydrogen-bond acceptors (Lipinski definition) is 3. The highest BCUT2D eigenvalue weighted by Gasteiger charge is 2.39. The Morgan fingerprint density at radius 1 is 0.710 bits per heavy atom. The Balaban J connectivity index is 0.983. The molecule has 0 saturated heterocycles. The molecule has 4 heteroatoms. The van der Waals surface area contributed by atoms with Crippen LogP contribution < -0.4 is 15.5 Å². The van der Waals surface area contributed by atoms with Gasteiger partial charge in [-0.1, -0.05) is 134 Å². The zero-order chi connectivity index (χ0) is 41.3. The van der Waals surface area contributed by atoms with Crippen LogP contribution in [0, 0.1) is 0 Å². The van der Waals surface area contributed by atoms with Crippen LogP contribution >= 0.6 is 0 Å². The maximum Gasteiger partial charge on any atom is 0.143 e. The van der Waals surface area contributed by atoms with Crippen molar-refractivity contribution in [1.29, 1.82) is 0 Å². The van der Waals surface area contributed by atoms with Crippen molar-refractivity contribution in [2.45, 2.75) is 88.4 Å². The van der Waals surface area contributed by atoms with Crippen molar-refractivity contribution in [2.24, 2.45) is 4.99 Å². The van der Waals surface area contributed by atoms with Crippen molar-refractivity contribution in [3.05, 3.63) is 190 Å². The van der Waals surface area contributed by atoms with E-state index in [4.69, 9.17) is 4.99 Å². The number of rotatable bonds is 6. The normalized spacial score (nSPS) is 24.4. The molecule has 1 aromatic heterocycles. The number of anilines is 1. The molecule has 0 saturated carbocycles. The van der Waals surface area contributed by atoms with Crippen molar-refractivity contribution in [1.82, 2.24) is 9.47 Å². The first-order valence-electron chi connectivity index (χ1n) is 23.2. The van der Waals surface area contributed by atoms with E-state index in [1.807, 2.05) is 0 Å². The highest BCUT2D eigenvalue weighted by atomic mass is 15.2. The minimum atomic E-state index is -0.000885. The Bertz CT molecular complexity index is 3030. The summed E-state index contributed by atoms with van der Waals surface area (Å²) in [7, 11) is 2.23. The van der Waals surface area contributed by atoms with Gasteiger partial charge in [-0.05, 0) is 133 Å². The molecule has 5 aromatic rings. The predicted octanol–water partition coefficient (Wildman–Crippen LogP) is 12.1. The van der Waals surface area contributed by atoms with Gasteiger partial charge in [0.05, 0.1) is 29.0 Å². The van der Waals surface area contributed by atoms with Crippen LogP contribution in [-0.2, 0) is 0 Å². The predicted molar refractivity (Wildman–Crippen MR) is 261 cm³/mol. The molecular formula is C58H54N4. The summed E-state index contributed by atoms with van der Waals surface area (Å²) in [5.74, 6) is 0.723. The zero-order valence-corrected chi connectivity index (χ0v) is 35.9. The van der Waals surface area contributed by atoms with Crippen molar-refractivity contribution < 1.29 is 0 Å². The van der Waals surface area contributed by atoms with Gasteiger partial charge in [0.25, 0.3) is 0 Å². The van der Waals surface area contributed by atoms with Crippen LogP contribution in [0.5, 0.6) is 0 Å². The number of hydrogen-bond donors (Lipinski definition) is 0. The lowest BCUT2D eigenvalue weighted by molar-refractivity contribution is 0.382. The molecule has 0 N–H and O–H groups in total. The van der Waals surface area contributed by atoms with Crippen molar-refractivity contribution in [2.75, 3.05) is 11.9 Å². The summed E-state index contributed by atoms with van der Waals surface area (Å²) in [6, 6.07) is 30.9. The van der Waals surface area contributed by atoms with Gasteiger partial charge >= 0.3 is 0 Å². The largest absolute Gasteiger partial charge is 0.357 e. The highest BCUT2D eigenvalue weighted by molar-refractivity contribution is 6.15. The molecule has 2 aliphatic heterocycles. The van der Waals surface area contributed by atoms with Crippen LogP contribution in [0.1, 0.15) is 97.9 Å². The lowest BCUT2D eigenvalue weighted by atomic mass is 9.83. The number of benzene rings is 4. The van der Waals surface area contributed by atoms with E-state index < -0.39 is 0 Å². The standard InChI is InChI=1S/C58H54N4/c1-38-17-16-26-47-44(50-37-56(39-18-6-3-7-19-39)60(2)58(59-50)40-20-8-4-9-21-40)31-34-55(57(38)47)62-52-28-15-13-25-46(52)49-36-42(30-33-54(49)62)41-29-32-53-48(35-41)45-24-12-14-27-51(45)61(53)43-22-10-5-11-23-43/h3,5-7,10-12,14,16,18-20,22,24-38,43,45,51,58H,4,8-9,13,15,17,21,23H2,1-2H3. The monoisotopic (exact) mass is 806 g/mol. The Labute approximate surface area is 366 Å². The van der Waals surface area contributed by atoms with Crippen LogP contribution in [0.15, 0.2) is 156 Å². The molecular weight excluding hydrogens is 753 g/mol.